The fourth-order valence-corrected chi connectivity index (χ4v) is 4.71. The monoisotopic (exact) mass is 384 g/mol. The highest BCUT2D eigenvalue weighted by atomic mass is 19.4. The summed E-state index contributed by atoms with van der Waals surface area (Å²) in [7, 11) is 1.72. The molecular weight excluding hydrogens is 357 g/mol. The standard InChI is InChI=1S/C20H27F3N2O2/c1-13-7-15(8-14(2)16(13)27-12-20(21,22)23)9-25(3)17(26)19(24)10-18(11-19)5-4-6-18/h7-8H,4-6,9-12,24H2,1-3H3. The minimum absolute atomic E-state index is 0.0623. The highest BCUT2D eigenvalue weighted by Gasteiger charge is 2.59. The van der Waals surface area contributed by atoms with E-state index in [4.69, 9.17) is 10.5 Å². The zero-order valence-electron chi connectivity index (χ0n) is 16.1. The van der Waals surface area contributed by atoms with Crippen LogP contribution in [-0.4, -0.2) is 36.2 Å². The summed E-state index contributed by atoms with van der Waals surface area (Å²) in [5.74, 6) is 0.180. The van der Waals surface area contributed by atoms with Crippen LogP contribution in [0, 0.1) is 19.3 Å². The van der Waals surface area contributed by atoms with E-state index >= 15 is 0 Å². The molecule has 2 N–H and O–H groups in total. The maximum atomic E-state index is 12.8. The molecule has 0 saturated heterocycles. The molecule has 27 heavy (non-hydrogen) atoms. The summed E-state index contributed by atoms with van der Waals surface area (Å²) in [5, 5.41) is 0. The number of amides is 1. The second-order valence-electron chi connectivity index (χ2n) is 8.49. The molecule has 4 nitrogen and oxygen atoms in total. The van der Waals surface area contributed by atoms with E-state index < -0.39 is 18.3 Å². The lowest BCUT2D eigenvalue weighted by Gasteiger charge is -2.59. The number of likely N-dealkylation sites (N-methyl/N-ethyl adjacent to an activating group) is 1. The van der Waals surface area contributed by atoms with Crippen LogP contribution in [0.15, 0.2) is 12.1 Å². The van der Waals surface area contributed by atoms with Crippen molar-refractivity contribution in [3.8, 4) is 5.75 Å². The molecule has 0 heterocycles. The van der Waals surface area contributed by atoms with Crippen LogP contribution in [-0.2, 0) is 11.3 Å². The first-order chi connectivity index (χ1) is 12.4. The molecule has 2 aliphatic carbocycles. The van der Waals surface area contributed by atoms with Gasteiger partial charge < -0.3 is 15.4 Å². The van der Waals surface area contributed by atoms with E-state index in [0.717, 1.165) is 18.4 Å². The lowest BCUT2D eigenvalue weighted by atomic mass is 9.48. The molecule has 150 valence electrons. The molecule has 0 aliphatic heterocycles. The first-order valence-electron chi connectivity index (χ1n) is 9.27. The highest BCUT2D eigenvalue weighted by molar-refractivity contribution is 5.87. The van der Waals surface area contributed by atoms with Crippen molar-refractivity contribution in [3.05, 3.63) is 28.8 Å². The number of alkyl halides is 3. The molecule has 2 aliphatic rings. The van der Waals surface area contributed by atoms with Gasteiger partial charge in [-0.25, -0.2) is 0 Å². The van der Waals surface area contributed by atoms with Gasteiger partial charge in [-0.2, -0.15) is 13.2 Å². The van der Waals surface area contributed by atoms with Crippen molar-refractivity contribution >= 4 is 5.91 Å². The molecule has 0 radical (unpaired) electrons. The van der Waals surface area contributed by atoms with Crippen molar-refractivity contribution in [2.24, 2.45) is 11.1 Å². The van der Waals surface area contributed by atoms with Crippen LogP contribution >= 0.6 is 0 Å². The van der Waals surface area contributed by atoms with Gasteiger partial charge in [-0.3, -0.25) is 4.79 Å². The number of rotatable bonds is 5. The molecule has 0 bridgehead atoms. The molecule has 7 heteroatoms. The Kier molecular flexibility index (Phi) is 4.95. The van der Waals surface area contributed by atoms with E-state index in [-0.39, 0.29) is 11.7 Å². The van der Waals surface area contributed by atoms with Crippen LogP contribution in [0.25, 0.3) is 0 Å². The summed E-state index contributed by atoms with van der Waals surface area (Å²) in [6, 6.07) is 3.53. The highest BCUT2D eigenvalue weighted by Crippen LogP contribution is 2.59. The van der Waals surface area contributed by atoms with E-state index in [0.29, 0.717) is 23.1 Å². The second kappa shape index (κ2) is 6.69. The molecule has 2 fully saturated rings. The van der Waals surface area contributed by atoms with Crippen molar-refractivity contribution in [2.75, 3.05) is 13.7 Å². The Morgan fingerprint density at radius 2 is 1.78 bits per heavy atom. The zero-order chi connectivity index (χ0) is 20.0. The number of hydrogen-bond acceptors (Lipinski definition) is 3. The fraction of sp³-hybridized carbons (Fsp3) is 0.650. The SMILES string of the molecule is Cc1cc(CN(C)C(=O)C2(N)CC3(CCC3)C2)cc(C)c1OCC(F)(F)F. The van der Waals surface area contributed by atoms with Gasteiger partial charge in [0.2, 0.25) is 5.91 Å². The number of carbonyl (C=O) groups excluding carboxylic acids is 1. The summed E-state index contributed by atoms with van der Waals surface area (Å²) < 4.78 is 42.1. The molecule has 1 amide bonds. The van der Waals surface area contributed by atoms with E-state index in [1.165, 1.54) is 19.3 Å². The molecular formula is C20H27F3N2O2. The van der Waals surface area contributed by atoms with Gasteiger partial charge in [0.25, 0.3) is 0 Å². The Morgan fingerprint density at radius 3 is 2.22 bits per heavy atom. The van der Waals surface area contributed by atoms with E-state index in [1.54, 1.807) is 37.9 Å². The van der Waals surface area contributed by atoms with E-state index in [9.17, 15) is 18.0 Å². The maximum absolute atomic E-state index is 12.8. The lowest BCUT2D eigenvalue weighted by molar-refractivity contribution is -0.153. The molecule has 1 aromatic carbocycles. The number of carbonyl (C=O) groups is 1. The summed E-state index contributed by atoms with van der Waals surface area (Å²) in [5.41, 5.74) is 7.95. The van der Waals surface area contributed by atoms with Crippen LogP contribution in [0.2, 0.25) is 0 Å². The molecule has 0 unspecified atom stereocenters. The molecule has 0 atom stereocenters. The number of halogens is 3. The lowest BCUT2D eigenvalue weighted by Crippen LogP contribution is -2.67. The van der Waals surface area contributed by atoms with E-state index in [2.05, 4.69) is 0 Å². The molecule has 3 rings (SSSR count). The van der Waals surface area contributed by atoms with Gasteiger partial charge in [0.05, 0.1) is 5.54 Å². The minimum Gasteiger partial charge on any atom is -0.484 e. The predicted molar refractivity (Wildman–Crippen MR) is 96.4 cm³/mol. The van der Waals surface area contributed by atoms with Gasteiger partial charge >= 0.3 is 6.18 Å². The van der Waals surface area contributed by atoms with Crippen LogP contribution in [0.3, 0.4) is 0 Å². The van der Waals surface area contributed by atoms with Crippen molar-refractivity contribution in [1.29, 1.82) is 0 Å². The Morgan fingerprint density at radius 1 is 1.22 bits per heavy atom. The van der Waals surface area contributed by atoms with Crippen LogP contribution in [0.1, 0.15) is 48.8 Å². The number of benzene rings is 1. The summed E-state index contributed by atoms with van der Waals surface area (Å²) in [6.07, 6.45) is 0.694. The number of nitrogens with two attached hydrogens (primary N) is 1. The van der Waals surface area contributed by atoms with Crippen molar-refractivity contribution in [3.63, 3.8) is 0 Å². The summed E-state index contributed by atoms with van der Waals surface area (Å²) in [6.45, 7) is 2.47. The summed E-state index contributed by atoms with van der Waals surface area (Å²) in [4.78, 5) is 14.4. The third kappa shape index (κ3) is 4.08. The van der Waals surface area contributed by atoms with Crippen molar-refractivity contribution < 1.29 is 22.7 Å². The quantitative estimate of drug-likeness (QED) is 0.839. The topological polar surface area (TPSA) is 55.6 Å². The first kappa shape index (κ1) is 20.0. The average Bonchev–Trinajstić information content (AvgIpc) is 2.47. The minimum atomic E-state index is -4.37. The van der Waals surface area contributed by atoms with Crippen LogP contribution in [0.5, 0.6) is 5.75 Å². The number of hydrogen-bond donors (Lipinski definition) is 1. The predicted octanol–water partition coefficient (Wildman–Crippen LogP) is 3.86. The first-order valence-corrected chi connectivity index (χ1v) is 9.27. The fourth-order valence-electron chi connectivity index (χ4n) is 4.71. The second-order valence-corrected chi connectivity index (χ2v) is 8.49. The normalized spacial score (nSPS) is 20.0. The number of ether oxygens (including phenoxy) is 1. The Hall–Kier alpha value is -1.76. The largest absolute Gasteiger partial charge is 0.484 e. The molecule has 1 aromatic rings. The molecule has 2 saturated carbocycles. The van der Waals surface area contributed by atoms with Gasteiger partial charge in [-0.15, -0.1) is 0 Å². The molecule has 0 aromatic heterocycles. The van der Waals surface area contributed by atoms with Crippen LogP contribution in [0.4, 0.5) is 13.2 Å². The van der Waals surface area contributed by atoms with Crippen LogP contribution < -0.4 is 10.5 Å². The number of nitrogens with zero attached hydrogens (tertiary/aromatic N) is 1. The third-order valence-electron chi connectivity index (χ3n) is 5.89. The summed E-state index contributed by atoms with van der Waals surface area (Å²) >= 11 is 0. The van der Waals surface area contributed by atoms with Crippen molar-refractivity contribution in [2.45, 2.75) is 64.2 Å². The Labute approximate surface area is 157 Å². The smallest absolute Gasteiger partial charge is 0.422 e. The van der Waals surface area contributed by atoms with Gasteiger partial charge in [0.15, 0.2) is 6.61 Å². The maximum Gasteiger partial charge on any atom is 0.422 e. The van der Waals surface area contributed by atoms with Gasteiger partial charge in [0.1, 0.15) is 5.75 Å². The average molecular weight is 384 g/mol. The zero-order valence-corrected chi connectivity index (χ0v) is 16.1. The van der Waals surface area contributed by atoms with E-state index in [1.807, 2.05) is 0 Å². The van der Waals surface area contributed by atoms with Crippen molar-refractivity contribution in [1.82, 2.24) is 4.90 Å². The Bertz CT molecular complexity index is 710. The van der Waals surface area contributed by atoms with Gasteiger partial charge in [-0.1, -0.05) is 18.6 Å². The Balaban J connectivity index is 1.64. The van der Waals surface area contributed by atoms with Gasteiger partial charge in [0, 0.05) is 13.6 Å². The molecule has 1 spiro atoms. The number of aryl methyl sites for hydroxylation is 2. The van der Waals surface area contributed by atoms with Gasteiger partial charge in [-0.05, 0) is 61.6 Å². The third-order valence-corrected chi connectivity index (χ3v) is 5.89.